The van der Waals surface area contributed by atoms with Crippen molar-refractivity contribution < 1.29 is 19.1 Å². The molecule has 1 fully saturated rings. The Kier molecular flexibility index (Phi) is 4.94. The average molecular weight is 394 g/mol. The van der Waals surface area contributed by atoms with Crippen molar-refractivity contribution in [2.75, 3.05) is 18.6 Å². The molecule has 2 aliphatic rings. The van der Waals surface area contributed by atoms with Crippen molar-refractivity contribution in [3.05, 3.63) is 53.6 Å². The number of hydrogen-bond donors (Lipinski definition) is 1. The van der Waals surface area contributed by atoms with Gasteiger partial charge in [-0.1, -0.05) is 0 Å². The molecule has 0 aliphatic carbocycles. The van der Waals surface area contributed by atoms with E-state index in [-0.39, 0.29) is 23.5 Å². The lowest BCUT2D eigenvalue weighted by Crippen LogP contribution is -2.41. The zero-order valence-corrected chi connectivity index (χ0v) is 17.0. The summed E-state index contributed by atoms with van der Waals surface area (Å²) in [6.07, 6.45) is 2.12. The van der Waals surface area contributed by atoms with Crippen LogP contribution in [0.5, 0.6) is 11.5 Å². The molecular weight excluding hydrogens is 368 g/mol. The number of fused-ring (bicyclic) bond motifs is 1. The molecule has 29 heavy (non-hydrogen) atoms. The van der Waals surface area contributed by atoms with E-state index in [9.17, 15) is 9.59 Å². The summed E-state index contributed by atoms with van der Waals surface area (Å²) in [5.41, 5.74) is 1.93. The van der Waals surface area contributed by atoms with Gasteiger partial charge in [-0.05, 0) is 62.7 Å². The predicted molar refractivity (Wildman–Crippen MR) is 111 cm³/mol. The summed E-state index contributed by atoms with van der Waals surface area (Å²) in [6.45, 7) is 4.77. The van der Waals surface area contributed by atoms with Gasteiger partial charge in [-0.15, -0.1) is 0 Å². The molecule has 0 bridgehead atoms. The Labute approximate surface area is 170 Å². The number of carbonyl (C=O) groups excluding carboxylic acids is 2. The van der Waals surface area contributed by atoms with Gasteiger partial charge in [-0.3, -0.25) is 9.59 Å². The van der Waals surface area contributed by atoms with E-state index in [1.165, 1.54) is 0 Å². The fraction of sp³-hybridized carbons (Fsp3) is 0.391. The number of rotatable bonds is 4. The van der Waals surface area contributed by atoms with E-state index < -0.39 is 0 Å². The second-order valence-electron chi connectivity index (χ2n) is 8.19. The van der Waals surface area contributed by atoms with Crippen LogP contribution in [0.3, 0.4) is 0 Å². The fourth-order valence-corrected chi connectivity index (χ4v) is 4.04. The molecule has 2 heterocycles. The fourth-order valence-electron chi connectivity index (χ4n) is 4.04. The van der Waals surface area contributed by atoms with E-state index in [2.05, 4.69) is 5.32 Å². The predicted octanol–water partition coefficient (Wildman–Crippen LogP) is 3.85. The normalized spacial score (nSPS) is 20.0. The summed E-state index contributed by atoms with van der Waals surface area (Å²) in [6, 6.07) is 12.7. The smallest absolute Gasteiger partial charge is 0.251 e. The van der Waals surface area contributed by atoms with Gasteiger partial charge >= 0.3 is 0 Å². The van der Waals surface area contributed by atoms with Crippen molar-refractivity contribution in [2.45, 2.75) is 44.8 Å². The first kappa shape index (κ1) is 19.3. The first-order valence-electron chi connectivity index (χ1n) is 9.94. The molecule has 152 valence electrons. The molecule has 2 amide bonds. The summed E-state index contributed by atoms with van der Waals surface area (Å²) < 4.78 is 11.4. The number of hydrogen-bond acceptors (Lipinski definition) is 4. The van der Waals surface area contributed by atoms with E-state index in [4.69, 9.17) is 9.47 Å². The molecule has 6 heteroatoms. The van der Waals surface area contributed by atoms with Gasteiger partial charge in [0.15, 0.2) is 0 Å². The third-order valence-corrected chi connectivity index (χ3v) is 5.49. The monoisotopic (exact) mass is 394 g/mol. The number of carbonyl (C=O) groups is 2. The van der Waals surface area contributed by atoms with Gasteiger partial charge in [0.05, 0.1) is 13.2 Å². The second kappa shape index (κ2) is 7.43. The number of nitrogens with one attached hydrogen (secondary N) is 1. The molecule has 0 radical (unpaired) electrons. The molecule has 1 atom stereocenters. The minimum atomic E-state index is -0.389. The summed E-state index contributed by atoms with van der Waals surface area (Å²) >= 11 is 0. The standard InChI is InChI=1S/C23H26N2O4/c1-23(2)14-19(18-13-17(28-3)10-11-20(18)29-23)24-22(27)15-6-8-16(9-7-15)25-12-4-5-21(25)26/h6-11,13,19H,4-5,12,14H2,1-3H3,(H,24,27)/t19-/m1/s1. The first-order chi connectivity index (χ1) is 13.9. The van der Waals surface area contributed by atoms with Crippen molar-refractivity contribution >= 4 is 17.5 Å². The van der Waals surface area contributed by atoms with E-state index in [0.29, 0.717) is 18.4 Å². The number of benzene rings is 2. The van der Waals surface area contributed by atoms with Gasteiger partial charge in [0, 0.05) is 36.2 Å². The van der Waals surface area contributed by atoms with Crippen LogP contribution in [0.4, 0.5) is 5.69 Å². The number of anilines is 1. The highest BCUT2D eigenvalue weighted by molar-refractivity contribution is 5.97. The minimum Gasteiger partial charge on any atom is -0.497 e. The largest absolute Gasteiger partial charge is 0.497 e. The van der Waals surface area contributed by atoms with Crippen LogP contribution in [0, 0.1) is 0 Å². The average Bonchev–Trinajstić information content (AvgIpc) is 3.13. The first-order valence-corrected chi connectivity index (χ1v) is 9.94. The van der Waals surface area contributed by atoms with Gasteiger partial charge in [-0.2, -0.15) is 0 Å². The quantitative estimate of drug-likeness (QED) is 0.855. The van der Waals surface area contributed by atoms with Crippen molar-refractivity contribution in [1.82, 2.24) is 5.32 Å². The van der Waals surface area contributed by atoms with Crippen molar-refractivity contribution in [1.29, 1.82) is 0 Å². The number of amides is 2. The van der Waals surface area contributed by atoms with E-state index >= 15 is 0 Å². The van der Waals surface area contributed by atoms with Crippen LogP contribution in [0.2, 0.25) is 0 Å². The van der Waals surface area contributed by atoms with Crippen molar-refractivity contribution in [3.8, 4) is 11.5 Å². The lowest BCUT2D eigenvalue weighted by Gasteiger charge is -2.38. The molecule has 2 aromatic carbocycles. The Morgan fingerprint density at radius 3 is 2.62 bits per heavy atom. The number of ether oxygens (including phenoxy) is 2. The molecule has 2 aromatic rings. The summed E-state index contributed by atoms with van der Waals surface area (Å²) in [5.74, 6) is 1.47. The van der Waals surface area contributed by atoms with Crippen LogP contribution in [0.15, 0.2) is 42.5 Å². The molecule has 6 nitrogen and oxygen atoms in total. The lowest BCUT2D eigenvalue weighted by atomic mass is 9.89. The van der Waals surface area contributed by atoms with Crippen LogP contribution >= 0.6 is 0 Å². The highest BCUT2D eigenvalue weighted by Crippen LogP contribution is 2.41. The summed E-state index contributed by atoms with van der Waals surface area (Å²) in [7, 11) is 1.62. The zero-order valence-electron chi connectivity index (χ0n) is 17.0. The highest BCUT2D eigenvalue weighted by Gasteiger charge is 2.35. The van der Waals surface area contributed by atoms with Gasteiger partial charge in [-0.25, -0.2) is 0 Å². The summed E-state index contributed by atoms with van der Waals surface area (Å²) in [5, 5.41) is 3.14. The molecule has 0 saturated carbocycles. The topological polar surface area (TPSA) is 67.9 Å². The summed E-state index contributed by atoms with van der Waals surface area (Å²) in [4.78, 5) is 26.6. The Morgan fingerprint density at radius 2 is 1.97 bits per heavy atom. The van der Waals surface area contributed by atoms with Gasteiger partial charge in [0.25, 0.3) is 5.91 Å². The third-order valence-electron chi connectivity index (χ3n) is 5.49. The molecular formula is C23H26N2O4. The maximum Gasteiger partial charge on any atom is 0.251 e. The molecule has 1 saturated heterocycles. The number of methoxy groups -OCH3 is 1. The maximum atomic E-state index is 12.9. The maximum absolute atomic E-state index is 12.9. The minimum absolute atomic E-state index is 0.136. The van der Waals surface area contributed by atoms with Crippen LogP contribution in [0.25, 0.3) is 0 Å². The molecule has 0 aromatic heterocycles. The van der Waals surface area contributed by atoms with Gasteiger partial charge in [0.2, 0.25) is 5.91 Å². The second-order valence-corrected chi connectivity index (χ2v) is 8.19. The molecule has 2 aliphatic heterocycles. The lowest BCUT2D eigenvalue weighted by molar-refractivity contribution is -0.117. The molecule has 0 spiro atoms. The van der Waals surface area contributed by atoms with E-state index in [0.717, 1.165) is 35.7 Å². The Balaban J connectivity index is 1.54. The third kappa shape index (κ3) is 3.92. The molecule has 4 rings (SSSR count). The van der Waals surface area contributed by atoms with Crippen molar-refractivity contribution in [3.63, 3.8) is 0 Å². The van der Waals surface area contributed by atoms with Crippen LogP contribution in [-0.4, -0.2) is 31.1 Å². The Hall–Kier alpha value is -3.02. The Bertz CT molecular complexity index is 936. The number of nitrogens with zero attached hydrogens (tertiary/aromatic N) is 1. The van der Waals surface area contributed by atoms with E-state index in [1.807, 2.05) is 44.2 Å². The van der Waals surface area contributed by atoms with Crippen LogP contribution < -0.4 is 19.7 Å². The van der Waals surface area contributed by atoms with Crippen molar-refractivity contribution in [2.24, 2.45) is 0 Å². The SMILES string of the molecule is COc1ccc2c(c1)[C@H](NC(=O)c1ccc(N3CCCC3=O)cc1)CC(C)(C)O2. The van der Waals surface area contributed by atoms with Gasteiger partial charge in [0.1, 0.15) is 17.1 Å². The van der Waals surface area contributed by atoms with Crippen LogP contribution in [-0.2, 0) is 4.79 Å². The van der Waals surface area contributed by atoms with E-state index in [1.54, 1.807) is 24.1 Å². The van der Waals surface area contributed by atoms with Gasteiger partial charge < -0.3 is 19.7 Å². The molecule has 0 unspecified atom stereocenters. The Morgan fingerprint density at radius 1 is 1.21 bits per heavy atom. The molecule has 1 N–H and O–H groups in total. The zero-order chi connectivity index (χ0) is 20.6. The van der Waals surface area contributed by atoms with Crippen LogP contribution in [0.1, 0.15) is 55.1 Å². The highest BCUT2D eigenvalue weighted by atomic mass is 16.5.